The average molecular weight is 230 g/mol. The highest BCUT2D eigenvalue weighted by Crippen LogP contribution is 2.25. The summed E-state index contributed by atoms with van der Waals surface area (Å²) in [5.74, 6) is -0.327. The minimum atomic E-state index is -0.772. The number of benzene rings is 2. The van der Waals surface area contributed by atoms with E-state index in [1.807, 2.05) is 32.0 Å². The summed E-state index contributed by atoms with van der Waals surface area (Å²) in [5.41, 5.74) is 3.57. The second kappa shape index (κ2) is 4.68. The Labute approximate surface area is 101 Å². The first-order valence-corrected chi connectivity index (χ1v) is 5.58. The highest BCUT2D eigenvalue weighted by atomic mass is 19.1. The van der Waals surface area contributed by atoms with E-state index >= 15 is 0 Å². The largest absolute Gasteiger partial charge is 0.384 e. The standard InChI is InChI=1S/C15H15FO/c1-10-6-7-14(11(2)8-10)15(17)12-4-3-5-13(16)9-12/h3-9,15,17H,1-2H3/t15-/m0/s1. The van der Waals surface area contributed by atoms with E-state index in [-0.39, 0.29) is 5.82 Å². The van der Waals surface area contributed by atoms with Crippen LogP contribution in [0.5, 0.6) is 0 Å². The van der Waals surface area contributed by atoms with Crippen LogP contribution in [0.2, 0.25) is 0 Å². The SMILES string of the molecule is Cc1ccc([C@@H](O)c2cccc(F)c2)c(C)c1. The molecule has 2 aromatic rings. The molecular weight excluding hydrogens is 215 g/mol. The number of aliphatic hydroxyl groups is 1. The molecule has 0 saturated carbocycles. The normalized spacial score (nSPS) is 12.5. The Balaban J connectivity index is 2.40. The summed E-state index contributed by atoms with van der Waals surface area (Å²) >= 11 is 0. The van der Waals surface area contributed by atoms with Crippen LogP contribution in [0.4, 0.5) is 4.39 Å². The van der Waals surface area contributed by atoms with Crippen molar-refractivity contribution in [3.05, 3.63) is 70.5 Å². The number of hydrogen-bond acceptors (Lipinski definition) is 1. The van der Waals surface area contributed by atoms with Gasteiger partial charge in [0.25, 0.3) is 0 Å². The Kier molecular flexibility index (Phi) is 3.25. The van der Waals surface area contributed by atoms with Crippen LogP contribution >= 0.6 is 0 Å². The average Bonchev–Trinajstić information content (AvgIpc) is 2.28. The quantitative estimate of drug-likeness (QED) is 0.836. The summed E-state index contributed by atoms with van der Waals surface area (Å²) in [5, 5.41) is 10.2. The molecule has 17 heavy (non-hydrogen) atoms. The number of aryl methyl sites for hydroxylation is 2. The van der Waals surface area contributed by atoms with Gasteiger partial charge in [0.05, 0.1) is 0 Å². The summed E-state index contributed by atoms with van der Waals surface area (Å²) in [7, 11) is 0. The van der Waals surface area contributed by atoms with E-state index in [1.165, 1.54) is 12.1 Å². The zero-order valence-corrected chi connectivity index (χ0v) is 9.94. The topological polar surface area (TPSA) is 20.2 Å². The fourth-order valence-corrected chi connectivity index (χ4v) is 1.99. The Hall–Kier alpha value is -1.67. The van der Waals surface area contributed by atoms with E-state index in [9.17, 15) is 9.50 Å². The molecule has 0 aromatic heterocycles. The predicted molar refractivity (Wildman–Crippen MR) is 66.4 cm³/mol. The molecule has 0 aliphatic carbocycles. The molecule has 0 aliphatic heterocycles. The monoisotopic (exact) mass is 230 g/mol. The molecule has 0 saturated heterocycles. The van der Waals surface area contributed by atoms with E-state index < -0.39 is 6.10 Å². The van der Waals surface area contributed by atoms with Crippen LogP contribution in [0.1, 0.15) is 28.4 Å². The van der Waals surface area contributed by atoms with Crippen molar-refractivity contribution in [1.82, 2.24) is 0 Å². The number of hydrogen-bond donors (Lipinski definition) is 1. The third-order valence-electron chi connectivity index (χ3n) is 2.88. The molecule has 0 bridgehead atoms. The van der Waals surface area contributed by atoms with Crippen molar-refractivity contribution in [1.29, 1.82) is 0 Å². The highest BCUT2D eigenvalue weighted by Gasteiger charge is 2.13. The fourth-order valence-electron chi connectivity index (χ4n) is 1.99. The number of halogens is 1. The van der Waals surface area contributed by atoms with Crippen molar-refractivity contribution in [2.75, 3.05) is 0 Å². The van der Waals surface area contributed by atoms with Crippen molar-refractivity contribution in [2.45, 2.75) is 20.0 Å². The lowest BCUT2D eigenvalue weighted by molar-refractivity contribution is 0.219. The summed E-state index contributed by atoms with van der Waals surface area (Å²) in [6.07, 6.45) is -0.772. The molecule has 0 aliphatic rings. The van der Waals surface area contributed by atoms with Gasteiger partial charge in [-0.15, -0.1) is 0 Å². The molecule has 0 amide bonds. The molecule has 1 atom stereocenters. The number of rotatable bonds is 2. The molecule has 0 radical (unpaired) electrons. The highest BCUT2D eigenvalue weighted by molar-refractivity contribution is 5.37. The predicted octanol–water partition coefficient (Wildman–Crippen LogP) is 3.52. The van der Waals surface area contributed by atoms with Crippen LogP contribution in [0.25, 0.3) is 0 Å². The maximum atomic E-state index is 13.1. The van der Waals surface area contributed by atoms with Crippen molar-refractivity contribution < 1.29 is 9.50 Å². The van der Waals surface area contributed by atoms with Crippen molar-refractivity contribution in [2.24, 2.45) is 0 Å². The molecular formula is C15H15FO. The van der Waals surface area contributed by atoms with Gasteiger partial charge in [0.1, 0.15) is 11.9 Å². The molecule has 1 N–H and O–H groups in total. The van der Waals surface area contributed by atoms with Gasteiger partial charge in [-0.05, 0) is 42.7 Å². The van der Waals surface area contributed by atoms with E-state index in [2.05, 4.69) is 0 Å². The smallest absolute Gasteiger partial charge is 0.123 e. The first-order valence-electron chi connectivity index (χ1n) is 5.58. The Morgan fingerprint density at radius 1 is 1.06 bits per heavy atom. The van der Waals surface area contributed by atoms with E-state index in [0.29, 0.717) is 5.56 Å². The molecule has 1 nitrogen and oxygen atoms in total. The van der Waals surface area contributed by atoms with Crippen molar-refractivity contribution in [3.63, 3.8) is 0 Å². The third kappa shape index (κ3) is 2.53. The lowest BCUT2D eigenvalue weighted by Gasteiger charge is -2.14. The number of aliphatic hydroxyl groups excluding tert-OH is 1. The van der Waals surface area contributed by atoms with Crippen molar-refractivity contribution in [3.8, 4) is 0 Å². The Morgan fingerprint density at radius 3 is 2.47 bits per heavy atom. The van der Waals surface area contributed by atoms with Crippen LogP contribution < -0.4 is 0 Å². The molecule has 0 unspecified atom stereocenters. The van der Waals surface area contributed by atoms with Gasteiger partial charge in [0, 0.05) is 0 Å². The molecule has 0 spiro atoms. The van der Waals surface area contributed by atoms with Crippen LogP contribution in [0, 0.1) is 19.7 Å². The summed E-state index contributed by atoms with van der Waals surface area (Å²) in [4.78, 5) is 0. The van der Waals surface area contributed by atoms with Crippen LogP contribution in [0.15, 0.2) is 42.5 Å². The first-order chi connectivity index (χ1) is 8.08. The maximum absolute atomic E-state index is 13.1. The minimum absolute atomic E-state index is 0.327. The van der Waals surface area contributed by atoms with Crippen LogP contribution in [-0.2, 0) is 0 Å². The van der Waals surface area contributed by atoms with Crippen LogP contribution in [-0.4, -0.2) is 5.11 Å². The lowest BCUT2D eigenvalue weighted by Crippen LogP contribution is -2.02. The Morgan fingerprint density at radius 2 is 1.82 bits per heavy atom. The fraction of sp³-hybridized carbons (Fsp3) is 0.200. The second-order valence-electron chi connectivity index (χ2n) is 4.32. The van der Waals surface area contributed by atoms with Gasteiger partial charge in [0.2, 0.25) is 0 Å². The molecule has 0 fully saturated rings. The molecule has 2 heteroatoms. The van der Waals surface area contributed by atoms with Gasteiger partial charge in [-0.1, -0.05) is 35.9 Å². The van der Waals surface area contributed by atoms with Gasteiger partial charge in [0.15, 0.2) is 0 Å². The van der Waals surface area contributed by atoms with Gasteiger partial charge in [-0.3, -0.25) is 0 Å². The summed E-state index contributed by atoms with van der Waals surface area (Å²) < 4.78 is 13.1. The molecule has 0 heterocycles. The Bertz CT molecular complexity index is 534. The van der Waals surface area contributed by atoms with Gasteiger partial charge >= 0.3 is 0 Å². The van der Waals surface area contributed by atoms with E-state index in [0.717, 1.165) is 16.7 Å². The molecule has 2 aromatic carbocycles. The van der Waals surface area contributed by atoms with Gasteiger partial charge in [-0.25, -0.2) is 4.39 Å². The minimum Gasteiger partial charge on any atom is -0.384 e. The summed E-state index contributed by atoms with van der Waals surface area (Å²) in [6, 6.07) is 11.9. The van der Waals surface area contributed by atoms with E-state index in [4.69, 9.17) is 0 Å². The zero-order valence-electron chi connectivity index (χ0n) is 9.94. The first kappa shape index (κ1) is 11.8. The zero-order chi connectivity index (χ0) is 12.4. The second-order valence-corrected chi connectivity index (χ2v) is 4.32. The molecule has 88 valence electrons. The molecule has 2 rings (SSSR count). The maximum Gasteiger partial charge on any atom is 0.123 e. The van der Waals surface area contributed by atoms with Gasteiger partial charge < -0.3 is 5.11 Å². The third-order valence-corrected chi connectivity index (χ3v) is 2.88. The summed E-state index contributed by atoms with van der Waals surface area (Å²) in [6.45, 7) is 3.95. The van der Waals surface area contributed by atoms with Crippen molar-refractivity contribution >= 4 is 0 Å². The lowest BCUT2D eigenvalue weighted by atomic mass is 9.96. The van der Waals surface area contributed by atoms with E-state index in [1.54, 1.807) is 12.1 Å². The van der Waals surface area contributed by atoms with Crippen LogP contribution in [0.3, 0.4) is 0 Å². The van der Waals surface area contributed by atoms with Gasteiger partial charge in [-0.2, -0.15) is 0 Å².